The number of pyridine rings is 1. The summed E-state index contributed by atoms with van der Waals surface area (Å²) in [5.41, 5.74) is -1.21. The maximum Gasteiger partial charge on any atom is 0.285 e. The van der Waals surface area contributed by atoms with Crippen molar-refractivity contribution < 1.29 is 13.2 Å². The molecule has 2 aromatic rings. The van der Waals surface area contributed by atoms with Crippen molar-refractivity contribution in [3.05, 3.63) is 51.3 Å². The number of amides is 1. The van der Waals surface area contributed by atoms with Crippen LogP contribution in [0.3, 0.4) is 0 Å². The Balaban J connectivity index is 1.62. The van der Waals surface area contributed by atoms with Gasteiger partial charge in [-0.15, -0.1) is 0 Å². The molecule has 1 unspecified atom stereocenters. The molecule has 2 aliphatic heterocycles. The number of hydrogen-bond donors (Lipinski definition) is 1. The summed E-state index contributed by atoms with van der Waals surface area (Å²) in [7, 11) is -3.30. The zero-order valence-corrected chi connectivity index (χ0v) is 16.6. The van der Waals surface area contributed by atoms with Gasteiger partial charge in [0, 0.05) is 37.4 Å². The number of aromatic nitrogens is 3. The van der Waals surface area contributed by atoms with Crippen LogP contribution in [0.5, 0.6) is 0 Å². The lowest BCUT2D eigenvalue weighted by Crippen LogP contribution is -2.35. The van der Waals surface area contributed by atoms with Gasteiger partial charge in [0.05, 0.1) is 11.3 Å². The van der Waals surface area contributed by atoms with Gasteiger partial charge >= 0.3 is 0 Å². The molecule has 9 nitrogen and oxygen atoms in total. The summed E-state index contributed by atoms with van der Waals surface area (Å²) in [4.78, 5) is 33.2. The molecule has 4 heterocycles. The smallest absolute Gasteiger partial charge is 0.285 e. The molecule has 1 spiro atoms. The first-order valence-electron chi connectivity index (χ1n) is 8.68. The van der Waals surface area contributed by atoms with Crippen molar-refractivity contribution in [2.24, 2.45) is 0 Å². The van der Waals surface area contributed by atoms with Crippen molar-refractivity contribution in [2.45, 2.75) is 24.8 Å². The Kier molecular flexibility index (Phi) is 4.52. The summed E-state index contributed by atoms with van der Waals surface area (Å²) < 4.78 is 26.9. The molecular weight excluding hydrogens is 406 g/mol. The monoisotopic (exact) mass is 423 g/mol. The number of anilines is 1. The molecule has 1 atom stereocenters. The number of halogens is 1. The first-order valence-corrected chi connectivity index (χ1v) is 10.9. The van der Waals surface area contributed by atoms with Crippen LogP contribution in [-0.4, -0.2) is 52.5 Å². The summed E-state index contributed by atoms with van der Waals surface area (Å²) >= 11 is 5.77. The molecule has 2 aromatic heterocycles. The molecule has 148 valence electrons. The molecule has 1 N–H and O–H groups in total. The second-order valence-electron chi connectivity index (χ2n) is 7.17. The maximum atomic E-state index is 12.5. The van der Waals surface area contributed by atoms with Crippen LogP contribution in [0.1, 0.15) is 29.0 Å². The molecular formula is C17H18ClN5O4S. The predicted molar refractivity (Wildman–Crippen MR) is 103 cm³/mol. The summed E-state index contributed by atoms with van der Waals surface area (Å²) in [5.74, 6) is 0.216. The van der Waals surface area contributed by atoms with Gasteiger partial charge in [-0.3, -0.25) is 9.59 Å². The molecule has 0 aromatic carbocycles. The number of carbonyl (C=O) groups is 1. The van der Waals surface area contributed by atoms with Crippen molar-refractivity contribution >= 4 is 33.3 Å². The lowest BCUT2D eigenvalue weighted by molar-refractivity contribution is 0.102. The average molecular weight is 424 g/mol. The fourth-order valence-corrected chi connectivity index (χ4v) is 4.84. The number of fused-ring (bicyclic) bond motifs is 2. The van der Waals surface area contributed by atoms with E-state index >= 15 is 0 Å². The first kappa shape index (κ1) is 19.0. The van der Waals surface area contributed by atoms with E-state index in [4.69, 9.17) is 11.6 Å². The van der Waals surface area contributed by atoms with E-state index in [1.165, 1.54) is 29.0 Å². The van der Waals surface area contributed by atoms with Crippen LogP contribution in [0.15, 0.2) is 29.3 Å². The number of hydrogen-bond acceptors (Lipinski definition) is 6. The van der Waals surface area contributed by atoms with Gasteiger partial charge in [0.25, 0.3) is 11.5 Å². The van der Waals surface area contributed by atoms with Crippen LogP contribution in [0, 0.1) is 0 Å². The normalized spacial score (nSPS) is 21.8. The van der Waals surface area contributed by atoms with E-state index in [1.807, 2.05) is 0 Å². The quantitative estimate of drug-likeness (QED) is 0.782. The van der Waals surface area contributed by atoms with Crippen molar-refractivity contribution in [1.82, 2.24) is 18.8 Å². The highest BCUT2D eigenvalue weighted by Crippen LogP contribution is 2.41. The van der Waals surface area contributed by atoms with Gasteiger partial charge in [-0.05, 0) is 25.0 Å². The highest BCUT2D eigenvalue weighted by atomic mass is 35.5. The van der Waals surface area contributed by atoms with Crippen LogP contribution in [-0.2, 0) is 22.0 Å². The van der Waals surface area contributed by atoms with Crippen LogP contribution in [0.2, 0.25) is 5.02 Å². The highest BCUT2D eigenvalue weighted by Gasteiger charge is 2.48. The highest BCUT2D eigenvalue weighted by molar-refractivity contribution is 7.88. The van der Waals surface area contributed by atoms with Crippen molar-refractivity contribution in [3.8, 4) is 0 Å². The lowest BCUT2D eigenvalue weighted by atomic mass is 9.85. The number of nitrogens with zero attached hydrogens (tertiary/aromatic N) is 4. The molecule has 2 aliphatic rings. The van der Waals surface area contributed by atoms with Gasteiger partial charge in [-0.2, -0.15) is 4.98 Å². The number of nitrogens with one attached hydrogen (secondary N) is 1. The van der Waals surface area contributed by atoms with E-state index in [-0.39, 0.29) is 11.4 Å². The van der Waals surface area contributed by atoms with E-state index in [1.54, 1.807) is 10.6 Å². The largest absolute Gasteiger partial charge is 0.335 e. The standard InChI is InChI=1S/C17H18ClN5O4S/c1-28(26,27)23-7-5-17(10-23)4-6-22-9-12(15(25)21-16(17)22)14(24)20-13-3-2-11(18)8-19-13/h2-3,8-9H,4-7,10H2,1H3,(H,19,20,24). The minimum Gasteiger partial charge on any atom is -0.335 e. The fourth-order valence-electron chi connectivity index (χ4n) is 3.83. The SMILES string of the molecule is CS(=O)(=O)N1CCC2(CCn3cc(C(=O)Nc4ccc(Cl)cn4)c(=O)nc32)C1. The Morgan fingerprint density at radius 3 is 2.68 bits per heavy atom. The average Bonchev–Trinajstić information content (AvgIpc) is 3.22. The second kappa shape index (κ2) is 6.64. The third-order valence-electron chi connectivity index (χ3n) is 5.30. The summed E-state index contributed by atoms with van der Waals surface area (Å²) in [5, 5.41) is 2.99. The Hall–Kier alpha value is -2.30. The number of sulfonamides is 1. The molecule has 0 bridgehead atoms. The van der Waals surface area contributed by atoms with Gasteiger partial charge < -0.3 is 9.88 Å². The molecule has 1 fully saturated rings. The third-order valence-corrected chi connectivity index (χ3v) is 6.78. The molecule has 0 radical (unpaired) electrons. The summed E-state index contributed by atoms with van der Waals surface area (Å²) in [6.07, 6.45) is 5.35. The van der Waals surface area contributed by atoms with Crippen molar-refractivity contribution in [3.63, 3.8) is 0 Å². The summed E-state index contributed by atoms with van der Waals surface area (Å²) in [6.45, 7) is 1.28. The van der Waals surface area contributed by atoms with Crippen LogP contribution in [0.4, 0.5) is 5.82 Å². The Morgan fingerprint density at radius 2 is 2.04 bits per heavy atom. The molecule has 0 aliphatic carbocycles. The van der Waals surface area contributed by atoms with Crippen molar-refractivity contribution in [2.75, 3.05) is 24.7 Å². The van der Waals surface area contributed by atoms with Crippen LogP contribution in [0.25, 0.3) is 0 Å². The molecule has 1 amide bonds. The van der Waals surface area contributed by atoms with Crippen LogP contribution < -0.4 is 10.9 Å². The number of carbonyl (C=O) groups excluding carboxylic acids is 1. The lowest BCUT2D eigenvalue weighted by Gasteiger charge is -2.22. The summed E-state index contributed by atoms with van der Waals surface area (Å²) in [6, 6.07) is 3.11. The van der Waals surface area contributed by atoms with E-state index in [9.17, 15) is 18.0 Å². The number of rotatable bonds is 3. The van der Waals surface area contributed by atoms with Gasteiger partial charge in [-0.25, -0.2) is 17.7 Å². The molecule has 11 heteroatoms. The minimum absolute atomic E-state index is 0.0875. The molecule has 0 saturated carbocycles. The molecule has 1 saturated heterocycles. The van der Waals surface area contributed by atoms with E-state index in [2.05, 4.69) is 15.3 Å². The van der Waals surface area contributed by atoms with Crippen molar-refractivity contribution in [1.29, 1.82) is 0 Å². The third kappa shape index (κ3) is 3.31. The maximum absolute atomic E-state index is 12.5. The van der Waals surface area contributed by atoms with E-state index < -0.39 is 26.9 Å². The molecule has 4 rings (SSSR count). The minimum atomic E-state index is -3.30. The van der Waals surface area contributed by atoms with E-state index in [0.29, 0.717) is 43.3 Å². The topological polar surface area (TPSA) is 114 Å². The van der Waals surface area contributed by atoms with E-state index in [0.717, 1.165) is 0 Å². The van der Waals surface area contributed by atoms with Gasteiger partial charge in [0.2, 0.25) is 10.0 Å². The number of aryl methyl sites for hydroxylation is 1. The Bertz CT molecular complexity index is 1120. The zero-order chi connectivity index (χ0) is 20.1. The van der Waals surface area contributed by atoms with Gasteiger partial charge in [0.15, 0.2) is 0 Å². The van der Waals surface area contributed by atoms with Crippen LogP contribution >= 0.6 is 11.6 Å². The first-order chi connectivity index (χ1) is 13.2. The Morgan fingerprint density at radius 1 is 1.29 bits per heavy atom. The zero-order valence-electron chi connectivity index (χ0n) is 15.1. The second-order valence-corrected chi connectivity index (χ2v) is 9.59. The molecule has 28 heavy (non-hydrogen) atoms. The Labute approximate surface area is 166 Å². The van der Waals surface area contributed by atoms with Gasteiger partial charge in [-0.1, -0.05) is 11.6 Å². The predicted octanol–water partition coefficient (Wildman–Crippen LogP) is 0.851. The van der Waals surface area contributed by atoms with Gasteiger partial charge in [0.1, 0.15) is 17.2 Å². The fraction of sp³-hybridized carbons (Fsp3) is 0.412.